The van der Waals surface area contributed by atoms with Gasteiger partial charge in [-0.25, -0.2) is 12.8 Å². The molecule has 0 spiro atoms. The molecular formula is C35H53FO5S. The van der Waals surface area contributed by atoms with E-state index in [4.69, 9.17) is 0 Å². The number of aryl methyl sites for hydroxylation is 1. The molecule has 7 heteroatoms. The molecular weight excluding hydrogens is 551 g/mol. The van der Waals surface area contributed by atoms with Crippen molar-refractivity contribution in [2.75, 3.05) is 5.75 Å². The Hall–Kier alpha value is -1.31. The first-order valence-electron chi connectivity index (χ1n) is 16.6. The standard InChI is InChI=1S/C35H53FO5S/c1-6-25-31-32(36)29(38)17-19-35(31,5)28-16-18-34(4)26(14-15-27(34)30(28)33(25)39)22(3)8-7-9-23(37)20-42(40,41)24-12-10-21(2)11-13-24/h10-13,22,25-33,38-39H,6-9,14-20H2,1-5H3/t22-,25-,26?,27?,28?,29-,30?,31-,32+,33?,34-,35-/m1/s1. The minimum Gasteiger partial charge on any atom is -0.393 e. The third-order valence-electron chi connectivity index (χ3n) is 13.0. The Morgan fingerprint density at radius 3 is 2.33 bits per heavy atom. The predicted octanol–water partition coefficient (Wildman–Crippen LogP) is 6.72. The number of carbonyl (C=O) groups is 1. The van der Waals surface area contributed by atoms with Crippen LogP contribution in [0.5, 0.6) is 0 Å². The van der Waals surface area contributed by atoms with Crippen LogP contribution >= 0.6 is 0 Å². The zero-order valence-corrected chi connectivity index (χ0v) is 27.1. The molecule has 5 rings (SSSR count). The summed E-state index contributed by atoms with van der Waals surface area (Å²) in [5, 5.41) is 22.3. The van der Waals surface area contributed by atoms with Crippen LogP contribution in [0.3, 0.4) is 0 Å². The lowest BCUT2D eigenvalue weighted by Gasteiger charge is -2.65. The first-order valence-corrected chi connectivity index (χ1v) is 18.2. The van der Waals surface area contributed by atoms with Gasteiger partial charge >= 0.3 is 0 Å². The average Bonchev–Trinajstić information content (AvgIpc) is 3.29. The molecule has 12 atom stereocenters. The van der Waals surface area contributed by atoms with Crippen LogP contribution in [0.4, 0.5) is 4.39 Å². The van der Waals surface area contributed by atoms with Crippen molar-refractivity contribution in [1.29, 1.82) is 0 Å². The third kappa shape index (κ3) is 5.42. The smallest absolute Gasteiger partial charge is 0.185 e. The number of aliphatic hydroxyl groups is 2. The van der Waals surface area contributed by atoms with E-state index in [0.717, 1.165) is 50.5 Å². The average molecular weight is 605 g/mol. The van der Waals surface area contributed by atoms with Gasteiger partial charge in [0.15, 0.2) is 9.84 Å². The van der Waals surface area contributed by atoms with Crippen molar-refractivity contribution in [1.82, 2.24) is 0 Å². The van der Waals surface area contributed by atoms with Gasteiger partial charge in [0, 0.05) is 12.3 Å². The maximum absolute atomic E-state index is 15.6. The molecule has 0 aromatic heterocycles. The van der Waals surface area contributed by atoms with Gasteiger partial charge in [0.1, 0.15) is 17.7 Å². The second-order valence-corrected chi connectivity index (χ2v) is 17.1. The summed E-state index contributed by atoms with van der Waals surface area (Å²) in [7, 11) is -3.62. The number of rotatable bonds is 9. The highest BCUT2D eigenvalue weighted by Crippen LogP contribution is 2.69. The topological polar surface area (TPSA) is 91.7 Å². The molecule has 5 nitrogen and oxygen atoms in total. The van der Waals surface area contributed by atoms with Gasteiger partial charge in [-0.2, -0.15) is 0 Å². The SMILES string of the molecule is CC[C@H]1C(O)C2C3CCC([C@H](C)CCCC(=O)CS(=O)(=O)c4ccc(C)cc4)[C@@]3(C)CCC2[C@@]2(C)CC[C@@H](O)[C@H](F)[C@@H]12. The van der Waals surface area contributed by atoms with Gasteiger partial charge in [0.2, 0.25) is 0 Å². The third-order valence-corrected chi connectivity index (χ3v) is 14.7. The summed E-state index contributed by atoms with van der Waals surface area (Å²) >= 11 is 0. The van der Waals surface area contributed by atoms with Gasteiger partial charge in [0.25, 0.3) is 0 Å². The molecule has 5 unspecified atom stereocenters. The van der Waals surface area contributed by atoms with Gasteiger partial charge in [-0.1, -0.05) is 58.2 Å². The molecule has 2 N–H and O–H groups in total. The van der Waals surface area contributed by atoms with E-state index in [9.17, 15) is 23.4 Å². The normalized spacial score (nSPS) is 42.3. The predicted molar refractivity (Wildman–Crippen MR) is 163 cm³/mol. The molecule has 0 amide bonds. The van der Waals surface area contributed by atoms with E-state index in [1.807, 2.05) is 6.92 Å². The van der Waals surface area contributed by atoms with Crippen LogP contribution in [0.25, 0.3) is 0 Å². The van der Waals surface area contributed by atoms with Crippen molar-refractivity contribution >= 4 is 15.6 Å². The summed E-state index contributed by atoms with van der Waals surface area (Å²) in [6, 6.07) is 6.66. The summed E-state index contributed by atoms with van der Waals surface area (Å²) in [5.74, 6) is 0.688. The lowest BCUT2D eigenvalue weighted by Crippen LogP contribution is -2.65. The van der Waals surface area contributed by atoms with Gasteiger partial charge in [-0.15, -0.1) is 0 Å². The quantitative estimate of drug-likeness (QED) is 0.327. The number of carbonyl (C=O) groups excluding carboxylic acids is 1. The molecule has 0 radical (unpaired) electrons. The number of hydrogen-bond donors (Lipinski definition) is 2. The fourth-order valence-corrected chi connectivity index (χ4v) is 12.2. The molecule has 236 valence electrons. The fraction of sp³-hybridized carbons (Fsp3) is 0.800. The van der Waals surface area contributed by atoms with E-state index in [-0.39, 0.29) is 51.6 Å². The highest BCUT2D eigenvalue weighted by atomic mass is 32.2. The number of fused-ring (bicyclic) bond motifs is 5. The zero-order chi connectivity index (χ0) is 30.6. The van der Waals surface area contributed by atoms with Crippen molar-refractivity contribution in [2.24, 2.45) is 52.3 Å². The first kappa shape index (κ1) is 32.1. The Bertz CT molecular complexity index is 1230. The number of sulfone groups is 1. The van der Waals surface area contributed by atoms with Crippen molar-refractivity contribution in [3.8, 4) is 0 Å². The summed E-state index contributed by atoms with van der Waals surface area (Å²) < 4.78 is 41.0. The number of ketones is 1. The van der Waals surface area contributed by atoms with Crippen molar-refractivity contribution in [3.63, 3.8) is 0 Å². The van der Waals surface area contributed by atoms with Crippen LogP contribution in [0.2, 0.25) is 0 Å². The van der Waals surface area contributed by atoms with Crippen LogP contribution in [0.15, 0.2) is 29.2 Å². The molecule has 4 aliphatic rings. The summed E-state index contributed by atoms with van der Waals surface area (Å²) in [6.07, 6.45) is 5.48. The molecule has 4 fully saturated rings. The van der Waals surface area contributed by atoms with Crippen molar-refractivity contribution in [2.45, 2.75) is 122 Å². The van der Waals surface area contributed by atoms with E-state index in [1.54, 1.807) is 24.3 Å². The van der Waals surface area contributed by atoms with Crippen LogP contribution in [-0.4, -0.2) is 48.5 Å². The largest absolute Gasteiger partial charge is 0.393 e. The van der Waals surface area contributed by atoms with Gasteiger partial charge in [0.05, 0.1) is 17.1 Å². The second kappa shape index (κ2) is 11.9. The number of hydrogen-bond acceptors (Lipinski definition) is 5. The maximum Gasteiger partial charge on any atom is 0.185 e. The number of alkyl halides is 1. The zero-order valence-electron chi connectivity index (χ0n) is 26.3. The van der Waals surface area contributed by atoms with E-state index >= 15 is 4.39 Å². The molecule has 0 aliphatic heterocycles. The van der Waals surface area contributed by atoms with Crippen LogP contribution in [-0.2, 0) is 14.6 Å². The molecule has 0 heterocycles. The highest BCUT2D eigenvalue weighted by molar-refractivity contribution is 7.92. The summed E-state index contributed by atoms with van der Waals surface area (Å²) in [4.78, 5) is 12.9. The minimum absolute atomic E-state index is 0.102. The molecule has 42 heavy (non-hydrogen) atoms. The van der Waals surface area contributed by atoms with Crippen LogP contribution in [0, 0.1) is 59.2 Å². The molecule has 0 bridgehead atoms. The molecule has 1 aromatic carbocycles. The summed E-state index contributed by atoms with van der Waals surface area (Å²) in [5.41, 5.74) is 0.896. The Morgan fingerprint density at radius 2 is 1.67 bits per heavy atom. The monoisotopic (exact) mass is 604 g/mol. The Kier molecular flexibility index (Phi) is 9.09. The molecule has 4 aliphatic carbocycles. The maximum atomic E-state index is 15.6. The van der Waals surface area contributed by atoms with E-state index in [2.05, 4.69) is 27.7 Å². The molecule has 4 saturated carbocycles. The lowest BCUT2D eigenvalue weighted by atomic mass is 9.41. The number of halogens is 1. The summed E-state index contributed by atoms with van der Waals surface area (Å²) in [6.45, 7) is 10.9. The minimum atomic E-state index is -3.62. The number of Topliss-reactive ketones (excluding diaryl/α,β-unsaturated/α-hetero) is 1. The van der Waals surface area contributed by atoms with E-state index in [1.165, 1.54) is 0 Å². The fourth-order valence-electron chi connectivity index (χ4n) is 10.9. The Morgan fingerprint density at radius 1 is 1.02 bits per heavy atom. The first-order chi connectivity index (χ1) is 19.7. The molecule has 0 saturated heterocycles. The number of benzene rings is 1. The van der Waals surface area contributed by atoms with Crippen molar-refractivity contribution < 1.29 is 27.8 Å². The Balaban J connectivity index is 1.23. The van der Waals surface area contributed by atoms with Gasteiger partial charge in [-0.3, -0.25) is 4.79 Å². The molecule has 1 aromatic rings. The van der Waals surface area contributed by atoms with Crippen LogP contribution < -0.4 is 0 Å². The lowest BCUT2D eigenvalue weighted by molar-refractivity contribution is -0.222. The highest BCUT2D eigenvalue weighted by Gasteiger charge is 2.66. The Labute approximate surface area is 253 Å². The van der Waals surface area contributed by atoms with E-state index < -0.39 is 34.0 Å². The van der Waals surface area contributed by atoms with E-state index in [0.29, 0.717) is 30.6 Å². The number of aliphatic hydroxyl groups excluding tert-OH is 2. The van der Waals surface area contributed by atoms with Gasteiger partial charge < -0.3 is 10.2 Å². The second-order valence-electron chi connectivity index (χ2n) is 15.1. The van der Waals surface area contributed by atoms with Crippen molar-refractivity contribution in [3.05, 3.63) is 29.8 Å². The van der Waals surface area contributed by atoms with Crippen LogP contribution in [0.1, 0.15) is 97.5 Å². The van der Waals surface area contributed by atoms with Gasteiger partial charge in [-0.05, 0) is 110 Å².